The molecule has 0 aliphatic heterocycles. The molecule has 0 bridgehead atoms. The Labute approximate surface area is 72.4 Å². The molecular weight excluding hydrogens is 150 g/mol. The molecule has 0 aliphatic rings. The standard InChI is InChI=1S/C10H13NO/c11-7-10(8-12)6-9-4-2-1-3-5-9/h1-5,8,10H,6-7,11H2/t10-/m0/s1. The molecule has 0 aromatic heterocycles. The van der Waals surface area contributed by atoms with Gasteiger partial charge < -0.3 is 10.5 Å². The minimum absolute atomic E-state index is 0.0348. The highest BCUT2D eigenvalue weighted by molar-refractivity contribution is 5.54. The van der Waals surface area contributed by atoms with Gasteiger partial charge in [0.2, 0.25) is 0 Å². The topological polar surface area (TPSA) is 43.1 Å². The van der Waals surface area contributed by atoms with E-state index < -0.39 is 0 Å². The van der Waals surface area contributed by atoms with Gasteiger partial charge in [-0.15, -0.1) is 0 Å². The number of benzene rings is 1. The molecule has 1 rings (SSSR count). The Kier molecular flexibility index (Phi) is 3.48. The highest BCUT2D eigenvalue weighted by Gasteiger charge is 2.04. The number of aldehydes is 1. The lowest BCUT2D eigenvalue weighted by Gasteiger charge is -2.05. The fourth-order valence-electron chi connectivity index (χ4n) is 1.10. The smallest absolute Gasteiger partial charge is 0.124 e. The van der Waals surface area contributed by atoms with Gasteiger partial charge in [0.05, 0.1) is 0 Å². The number of nitrogens with two attached hydrogens (primary N) is 1. The molecule has 0 radical (unpaired) electrons. The molecule has 1 atom stereocenters. The van der Waals surface area contributed by atoms with Crippen LogP contribution in [0.5, 0.6) is 0 Å². The monoisotopic (exact) mass is 163 g/mol. The second kappa shape index (κ2) is 4.67. The first-order valence-corrected chi connectivity index (χ1v) is 4.06. The second-order valence-electron chi connectivity index (χ2n) is 2.82. The van der Waals surface area contributed by atoms with Crippen LogP contribution in [0, 0.1) is 5.92 Å². The second-order valence-corrected chi connectivity index (χ2v) is 2.82. The van der Waals surface area contributed by atoms with Crippen molar-refractivity contribution in [2.24, 2.45) is 11.7 Å². The predicted molar refractivity (Wildman–Crippen MR) is 48.8 cm³/mol. The summed E-state index contributed by atoms with van der Waals surface area (Å²) in [6.07, 6.45) is 1.67. The van der Waals surface area contributed by atoms with Gasteiger partial charge in [0, 0.05) is 12.5 Å². The first-order valence-electron chi connectivity index (χ1n) is 4.06. The lowest BCUT2D eigenvalue weighted by Crippen LogP contribution is -2.17. The van der Waals surface area contributed by atoms with E-state index in [0.717, 1.165) is 12.7 Å². The molecule has 1 aromatic rings. The predicted octanol–water partition coefficient (Wildman–Crippen LogP) is 1.00. The third-order valence-electron chi connectivity index (χ3n) is 1.84. The van der Waals surface area contributed by atoms with Crippen molar-refractivity contribution >= 4 is 6.29 Å². The maximum Gasteiger partial charge on any atom is 0.124 e. The van der Waals surface area contributed by atoms with Gasteiger partial charge in [-0.2, -0.15) is 0 Å². The van der Waals surface area contributed by atoms with E-state index in [1.165, 1.54) is 5.56 Å². The Bertz CT molecular complexity index is 233. The van der Waals surface area contributed by atoms with Crippen molar-refractivity contribution in [2.45, 2.75) is 6.42 Å². The largest absolute Gasteiger partial charge is 0.330 e. The lowest BCUT2D eigenvalue weighted by molar-refractivity contribution is -0.110. The molecule has 2 heteroatoms. The summed E-state index contributed by atoms with van der Waals surface area (Å²) in [6, 6.07) is 9.90. The van der Waals surface area contributed by atoms with Gasteiger partial charge in [0.1, 0.15) is 6.29 Å². The molecule has 0 saturated carbocycles. The Morgan fingerprint density at radius 2 is 2.00 bits per heavy atom. The fourth-order valence-corrected chi connectivity index (χ4v) is 1.10. The first-order chi connectivity index (χ1) is 5.86. The zero-order valence-corrected chi connectivity index (χ0v) is 6.94. The zero-order chi connectivity index (χ0) is 8.81. The van der Waals surface area contributed by atoms with Gasteiger partial charge in [-0.3, -0.25) is 0 Å². The SMILES string of the molecule is NC[C@@H](C=O)Cc1ccccc1. The number of hydrogen-bond acceptors (Lipinski definition) is 2. The van der Waals surface area contributed by atoms with Crippen LogP contribution in [-0.4, -0.2) is 12.8 Å². The summed E-state index contributed by atoms with van der Waals surface area (Å²) in [6.45, 7) is 0.429. The molecule has 0 amide bonds. The van der Waals surface area contributed by atoms with E-state index in [2.05, 4.69) is 0 Å². The van der Waals surface area contributed by atoms with Crippen LogP contribution in [0.25, 0.3) is 0 Å². The summed E-state index contributed by atoms with van der Waals surface area (Å²) < 4.78 is 0. The Balaban J connectivity index is 2.56. The molecule has 1 aromatic carbocycles. The third kappa shape index (κ3) is 2.47. The van der Waals surface area contributed by atoms with Gasteiger partial charge in [0.15, 0.2) is 0 Å². The Morgan fingerprint density at radius 1 is 1.33 bits per heavy atom. The van der Waals surface area contributed by atoms with Crippen molar-refractivity contribution in [1.29, 1.82) is 0 Å². The molecule has 0 fully saturated rings. The molecule has 2 nitrogen and oxygen atoms in total. The van der Waals surface area contributed by atoms with Crippen molar-refractivity contribution in [3.63, 3.8) is 0 Å². The van der Waals surface area contributed by atoms with Gasteiger partial charge >= 0.3 is 0 Å². The van der Waals surface area contributed by atoms with E-state index in [4.69, 9.17) is 5.73 Å². The van der Waals surface area contributed by atoms with Crippen molar-refractivity contribution in [3.05, 3.63) is 35.9 Å². The molecule has 0 heterocycles. The minimum atomic E-state index is -0.0348. The Morgan fingerprint density at radius 3 is 2.50 bits per heavy atom. The van der Waals surface area contributed by atoms with Crippen molar-refractivity contribution in [2.75, 3.05) is 6.54 Å². The lowest BCUT2D eigenvalue weighted by atomic mass is 10.0. The number of rotatable bonds is 4. The summed E-state index contributed by atoms with van der Waals surface area (Å²) >= 11 is 0. The van der Waals surface area contributed by atoms with E-state index in [0.29, 0.717) is 6.54 Å². The van der Waals surface area contributed by atoms with E-state index in [9.17, 15) is 4.79 Å². The quantitative estimate of drug-likeness (QED) is 0.673. The molecule has 2 N–H and O–H groups in total. The molecule has 0 unspecified atom stereocenters. The summed E-state index contributed by atoms with van der Waals surface area (Å²) in [4.78, 5) is 10.5. The highest BCUT2D eigenvalue weighted by atomic mass is 16.1. The molecular formula is C10H13NO. The van der Waals surface area contributed by atoms with E-state index in [1.54, 1.807) is 0 Å². The maximum absolute atomic E-state index is 10.5. The Hall–Kier alpha value is -1.15. The molecule has 0 saturated heterocycles. The van der Waals surface area contributed by atoms with E-state index in [1.807, 2.05) is 30.3 Å². The minimum Gasteiger partial charge on any atom is -0.330 e. The summed E-state index contributed by atoms with van der Waals surface area (Å²) in [5.41, 5.74) is 6.57. The van der Waals surface area contributed by atoms with Crippen LogP contribution < -0.4 is 5.73 Å². The summed E-state index contributed by atoms with van der Waals surface area (Å²) in [7, 11) is 0. The van der Waals surface area contributed by atoms with Crippen LogP contribution in [0.15, 0.2) is 30.3 Å². The highest BCUT2D eigenvalue weighted by Crippen LogP contribution is 2.05. The first kappa shape index (κ1) is 8.94. The molecule has 0 spiro atoms. The summed E-state index contributed by atoms with van der Waals surface area (Å²) in [5.74, 6) is -0.0348. The average molecular weight is 163 g/mol. The van der Waals surface area contributed by atoms with Crippen LogP contribution in [0.3, 0.4) is 0 Å². The van der Waals surface area contributed by atoms with Crippen molar-refractivity contribution in [1.82, 2.24) is 0 Å². The van der Waals surface area contributed by atoms with Gasteiger partial charge in [0.25, 0.3) is 0 Å². The van der Waals surface area contributed by atoms with Crippen molar-refractivity contribution < 1.29 is 4.79 Å². The van der Waals surface area contributed by atoms with E-state index in [-0.39, 0.29) is 5.92 Å². The fraction of sp³-hybridized carbons (Fsp3) is 0.300. The van der Waals surface area contributed by atoms with E-state index >= 15 is 0 Å². The van der Waals surface area contributed by atoms with Gasteiger partial charge in [-0.1, -0.05) is 30.3 Å². The third-order valence-corrected chi connectivity index (χ3v) is 1.84. The summed E-state index contributed by atoms with van der Waals surface area (Å²) in [5, 5.41) is 0. The molecule has 12 heavy (non-hydrogen) atoms. The average Bonchev–Trinajstić information content (AvgIpc) is 2.16. The van der Waals surface area contributed by atoms with Crippen LogP contribution >= 0.6 is 0 Å². The van der Waals surface area contributed by atoms with Crippen LogP contribution in [-0.2, 0) is 11.2 Å². The van der Waals surface area contributed by atoms with Crippen LogP contribution in [0.2, 0.25) is 0 Å². The maximum atomic E-state index is 10.5. The normalized spacial score (nSPS) is 12.4. The molecule has 0 aliphatic carbocycles. The number of carbonyl (C=O) groups excluding carboxylic acids is 1. The zero-order valence-electron chi connectivity index (χ0n) is 6.94. The molecule has 64 valence electrons. The number of carbonyl (C=O) groups is 1. The van der Waals surface area contributed by atoms with Crippen LogP contribution in [0.4, 0.5) is 0 Å². The van der Waals surface area contributed by atoms with Gasteiger partial charge in [-0.05, 0) is 12.0 Å². The van der Waals surface area contributed by atoms with Crippen LogP contribution in [0.1, 0.15) is 5.56 Å². The van der Waals surface area contributed by atoms with Crippen molar-refractivity contribution in [3.8, 4) is 0 Å². The van der Waals surface area contributed by atoms with Gasteiger partial charge in [-0.25, -0.2) is 0 Å². The number of hydrogen-bond donors (Lipinski definition) is 1.